The minimum Gasteiger partial charge on any atom is -0.465 e. The summed E-state index contributed by atoms with van der Waals surface area (Å²) in [5.41, 5.74) is 0. The number of carbonyl (C=O) groups excluding carboxylic acids is 1. The van der Waals surface area contributed by atoms with Crippen molar-refractivity contribution in [2.75, 3.05) is 12.4 Å². The lowest BCUT2D eigenvalue weighted by atomic mass is 10.3. The molecule has 0 heterocycles. The molecule has 0 bridgehead atoms. The van der Waals surface area contributed by atoms with Crippen molar-refractivity contribution in [3.8, 4) is 0 Å². The van der Waals surface area contributed by atoms with Crippen molar-refractivity contribution in [1.29, 1.82) is 0 Å². The lowest BCUT2D eigenvalue weighted by Gasteiger charge is -2.00. The van der Waals surface area contributed by atoms with E-state index in [-0.39, 0.29) is 5.97 Å². The van der Waals surface area contributed by atoms with E-state index in [1.165, 1.54) is 0 Å². The fraction of sp³-hybridized carbons (Fsp3) is 0.857. The van der Waals surface area contributed by atoms with Crippen LogP contribution in [-0.2, 0) is 9.53 Å². The molecule has 0 radical (unpaired) electrons. The van der Waals surface area contributed by atoms with E-state index in [2.05, 4.69) is 12.6 Å². The van der Waals surface area contributed by atoms with Crippen molar-refractivity contribution in [2.45, 2.75) is 26.2 Å². The summed E-state index contributed by atoms with van der Waals surface area (Å²) in [7, 11) is 0. The van der Waals surface area contributed by atoms with Gasteiger partial charge in [-0.2, -0.15) is 12.6 Å². The third-order valence-corrected chi connectivity index (χ3v) is 1.27. The third-order valence-electron chi connectivity index (χ3n) is 1.09. The van der Waals surface area contributed by atoms with Crippen LogP contribution >= 0.6 is 12.6 Å². The van der Waals surface area contributed by atoms with E-state index in [1.54, 1.807) is 0 Å². The summed E-state index contributed by atoms with van der Waals surface area (Å²) in [6.45, 7) is 2.48. The number of hydrogen-bond acceptors (Lipinski definition) is 3. The van der Waals surface area contributed by atoms with E-state index >= 15 is 0 Å². The zero-order valence-corrected chi connectivity index (χ0v) is 7.19. The Balaban J connectivity index is 3.09. The Bertz CT molecular complexity index is 83.6. The summed E-state index contributed by atoms with van der Waals surface area (Å²) < 4.78 is 4.78. The molecule has 0 saturated heterocycles. The van der Waals surface area contributed by atoms with Gasteiger partial charge in [-0.3, -0.25) is 4.79 Å². The SMILES string of the molecule is CCCCC(=O)OCCS. The van der Waals surface area contributed by atoms with Gasteiger partial charge in [0.1, 0.15) is 6.61 Å². The molecule has 0 aromatic rings. The van der Waals surface area contributed by atoms with Gasteiger partial charge in [0.15, 0.2) is 0 Å². The molecule has 0 rings (SSSR count). The van der Waals surface area contributed by atoms with E-state index in [1.807, 2.05) is 6.92 Å². The molecule has 0 unspecified atom stereocenters. The number of carbonyl (C=O) groups is 1. The van der Waals surface area contributed by atoms with Gasteiger partial charge in [0.25, 0.3) is 0 Å². The molecule has 0 aromatic heterocycles. The maximum Gasteiger partial charge on any atom is 0.305 e. The molecule has 2 nitrogen and oxygen atoms in total. The Morgan fingerprint density at radius 3 is 2.80 bits per heavy atom. The van der Waals surface area contributed by atoms with Gasteiger partial charge in [-0.05, 0) is 6.42 Å². The summed E-state index contributed by atoms with van der Waals surface area (Å²) in [5.74, 6) is 0.508. The molecule has 3 heteroatoms. The van der Waals surface area contributed by atoms with Gasteiger partial charge in [0.2, 0.25) is 0 Å². The number of hydrogen-bond donors (Lipinski definition) is 1. The molecule has 0 spiro atoms. The first kappa shape index (κ1) is 9.82. The lowest BCUT2D eigenvalue weighted by molar-refractivity contribution is -0.143. The first-order valence-electron chi connectivity index (χ1n) is 3.57. The topological polar surface area (TPSA) is 26.3 Å². The highest BCUT2D eigenvalue weighted by atomic mass is 32.1. The summed E-state index contributed by atoms with van der Waals surface area (Å²) in [5, 5.41) is 0. The Morgan fingerprint density at radius 2 is 2.30 bits per heavy atom. The van der Waals surface area contributed by atoms with Crippen molar-refractivity contribution < 1.29 is 9.53 Å². The second-order valence-corrected chi connectivity index (χ2v) is 2.49. The quantitative estimate of drug-likeness (QED) is 0.491. The highest BCUT2D eigenvalue weighted by Crippen LogP contribution is 1.95. The first-order chi connectivity index (χ1) is 4.81. The Hall–Kier alpha value is -0.180. The molecule has 0 saturated carbocycles. The summed E-state index contributed by atoms with van der Waals surface area (Å²) in [6, 6.07) is 0. The van der Waals surface area contributed by atoms with Crippen LogP contribution in [-0.4, -0.2) is 18.3 Å². The first-order valence-corrected chi connectivity index (χ1v) is 4.21. The van der Waals surface area contributed by atoms with Crippen LogP contribution in [0.4, 0.5) is 0 Å². The van der Waals surface area contributed by atoms with Gasteiger partial charge < -0.3 is 4.74 Å². The molecule has 0 aliphatic heterocycles. The zero-order valence-electron chi connectivity index (χ0n) is 6.30. The van der Waals surface area contributed by atoms with E-state index in [0.29, 0.717) is 18.8 Å². The van der Waals surface area contributed by atoms with Gasteiger partial charge in [-0.1, -0.05) is 13.3 Å². The molecule has 0 aliphatic rings. The van der Waals surface area contributed by atoms with E-state index in [4.69, 9.17) is 4.74 Å². The number of thiol groups is 1. The molecular formula is C7H14O2S. The molecule has 0 atom stereocenters. The van der Waals surface area contributed by atoms with Crippen LogP contribution in [0, 0.1) is 0 Å². The van der Waals surface area contributed by atoms with E-state index in [9.17, 15) is 4.79 Å². The monoisotopic (exact) mass is 162 g/mol. The van der Waals surface area contributed by atoms with Crippen molar-refractivity contribution in [3.05, 3.63) is 0 Å². The van der Waals surface area contributed by atoms with Crippen LogP contribution in [0.25, 0.3) is 0 Å². The van der Waals surface area contributed by atoms with E-state index < -0.39 is 0 Å². The number of esters is 1. The minimum atomic E-state index is -0.101. The van der Waals surface area contributed by atoms with Gasteiger partial charge in [-0.25, -0.2) is 0 Å². The molecule has 0 aliphatic carbocycles. The Labute approximate surface area is 67.4 Å². The number of ether oxygens (including phenoxy) is 1. The number of unbranched alkanes of at least 4 members (excludes halogenated alkanes) is 1. The van der Waals surface area contributed by atoms with Crippen molar-refractivity contribution in [1.82, 2.24) is 0 Å². The van der Waals surface area contributed by atoms with Crippen LogP contribution in [0.2, 0.25) is 0 Å². The van der Waals surface area contributed by atoms with Gasteiger partial charge in [0, 0.05) is 12.2 Å². The zero-order chi connectivity index (χ0) is 7.82. The lowest BCUT2D eigenvalue weighted by Crippen LogP contribution is -2.05. The van der Waals surface area contributed by atoms with Crippen molar-refractivity contribution in [3.63, 3.8) is 0 Å². The molecule has 0 fully saturated rings. The number of rotatable bonds is 5. The molecule has 0 aromatic carbocycles. The smallest absolute Gasteiger partial charge is 0.305 e. The standard InChI is InChI=1S/C7H14O2S/c1-2-3-4-7(8)9-5-6-10/h10H,2-6H2,1H3. The van der Waals surface area contributed by atoms with E-state index in [0.717, 1.165) is 12.8 Å². The van der Waals surface area contributed by atoms with Crippen LogP contribution in [0.1, 0.15) is 26.2 Å². The Morgan fingerprint density at radius 1 is 1.60 bits per heavy atom. The maximum absolute atomic E-state index is 10.7. The van der Waals surface area contributed by atoms with Crippen molar-refractivity contribution in [2.24, 2.45) is 0 Å². The Kier molecular flexibility index (Phi) is 6.81. The van der Waals surface area contributed by atoms with Crippen molar-refractivity contribution >= 4 is 18.6 Å². The highest BCUT2D eigenvalue weighted by molar-refractivity contribution is 7.80. The fourth-order valence-electron chi connectivity index (χ4n) is 0.553. The molecule has 60 valence electrons. The minimum absolute atomic E-state index is 0.101. The van der Waals surface area contributed by atoms with Gasteiger partial charge >= 0.3 is 5.97 Å². The molecular weight excluding hydrogens is 148 g/mol. The summed E-state index contributed by atoms with van der Waals surface area (Å²) in [4.78, 5) is 10.7. The maximum atomic E-state index is 10.7. The van der Waals surface area contributed by atoms with Gasteiger partial charge in [0.05, 0.1) is 0 Å². The van der Waals surface area contributed by atoms with Crippen LogP contribution < -0.4 is 0 Å². The molecule has 0 amide bonds. The second-order valence-electron chi connectivity index (χ2n) is 2.05. The molecule has 0 N–H and O–H groups in total. The average Bonchev–Trinajstić information content (AvgIpc) is 1.97. The predicted octanol–water partition coefficient (Wildman–Crippen LogP) is 1.65. The fourth-order valence-corrected chi connectivity index (χ4v) is 0.644. The van der Waals surface area contributed by atoms with Gasteiger partial charge in [-0.15, -0.1) is 0 Å². The molecule has 10 heavy (non-hydrogen) atoms. The van der Waals surface area contributed by atoms with Crippen LogP contribution in [0.15, 0.2) is 0 Å². The van der Waals surface area contributed by atoms with Crippen LogP contribution in [0.3, 0.4) is 0 Å². The second kappa shape index (κ2) is 6.93. The average molecular weight is 162 g/mol. The third kappa shape index (κ3) is 5.95. The summed E-state index contributed by atoms with van der Waals surface area (Å²) in [6.07, 6.45) is 2.51. The summed E-state index contributed by atoms with van der Waals surface area (Å²) >= 11 is 3.91. The predicted molar refractivity (Wildman–Crippen MR) is 44.3 cm³/mol. The van der Waals surface area contributed by atoms with Crippen LogP contribution in [0.5, 0.6) is 0 Å². The highest BCUT2D eigenvalue weighted by Gasteiger charge is 1.98. The normalized spacial score (nSPS) is 9.40. The largest absolute Gasteiger partial charge is 0.465 e.